The number of rotatable bonds is 2. The van der Waals surface area contributed by atoms with Crippen molar-refractivity contribution in [3.05, 3.63) is 36.3 Å². The van der Waals surface area contributed by atoms with Crippen molar-refractivity contribution < 1.29 is 14.7 Å². The molecule has 1 aliphatic heterocycles. The van der Waals surface area contributed by atoms with Crippen LogP contribution < -0.4 is 0 Å². The number of carboxylic acids is 1. The van der Waals surface area contributed by atoms with Crippen LogP contribution in [0, 0.1) is 5.41 Å². The summed E-state index contributed by atoms with van der Waals surface area (Å²) in [6.07, 6.45) is 6.50. The summed E-state index contributed by atoms with van der Waals surface area (Å²) in [5.74, 6) is -0.970. The Morgan fingerprint density at radius 3 is 2.95 bits per heavy atom. The van der Waals surface area contributed by atoms with Gasteiger partial charge in [0.1, 0.15) is 5.65 Å². The number of fused-ring (bicyclic) bond motifs is 1. The van der Waals surface area contributed by atoms with E-state index in [4.69, 9.17) is 0 Å². The molecular weight excluding hydrogens is 270 g/mol. The third kappa shape index (κ3) is 2.37. The fraction of sp³-hybridized carbons (Fsp3) is 0.400. The second-order valence-corrected chi connectivity index (χ2v) is 5.81. The molecule has 2 aromatic rings. The Kier molecular flexibility index (Phi) is 3.16. The summed E-state index contributed by atoms with van der Waals surface area (Å²) in [5.41, 5.74) is 0.475. The Balaban J connectivity index is 1.85. The van der Waals surface area contributed by atoms with Crippen molar-refractivity contribution >= 4 is 17.5 Å². The number of imidazole rings is 1. The molecule has 2 aromatic heterocycles. The lowest BCUT2D eigenvalue weighted by Crippen LogP contribution is -2.48. The summed E-state index contributed by atoms with van der Waals surface area (Å²) >= 11 is 0. The number of pyridine rings is 1. The highest BCUT2D eigenvalue weighted by Gasteiger charge is 2.39. The molecular formula is C15H17N3O3. The highest BCUT2D eigenvalue weighted by atomic mass is 16.4. The molecule has 0 radical (unpaired) electrons. The number of likely N-dealkylation sites (tertiary alicyclic amines) is 1. The van der Waals surface area contributed by atoms with Crippen LogP contribution in [0.5, 0.6) is 0 Å². The van der Waals surface area contributed by atoms with E-state index < -0.39 is 11.4 Å². The summed E-state index contributed by atoms with van der Waals surface area (Å²) in [6, 6.07) is 3.52. The van der Waals surface area contributed by atoms with Crippen molar-refractivity contribution in [3.63, 3.8) is 0 Å². The first-order chi connectivity index (χ1) is 9.99. The van der Waals surface area contributed by atoms with E-state index in [0.717, 1.165) is 5.65 Å². The van der Waals surface area contributed by atoms with Gasteiger partial charge in [-0.3, -0.25) is 9.59 Å². The highest BCUT2D eigenvalue weighted by molar-refractivity contribution is 5.94. The predicted octanol–water partition coefficient (Wildman–Crippen LogP) is 1.66. The molecule has 1 N–H and O–H groups in total. The van der Waals surface area contributed by atoms with Gasteiger partial charge in [-0.25, -0.2) is 4.98 Å². The fourth-order valence-corrected chi connectivity index (χ4v) is 2.82. The molecule has 21 heavy (non-hydrogen) atoms. The van der Waals surface area contributed by atoms with Crippen LogP contribution in [0.2, 0.25) is 0 Å². The standard InChI is InChI=1S/C15H17N3O3/c1-15(14(20)21)5-2-7-18(10-15)13(19)11-3-4-12-16-6-8-17(12)9-11/h3-4,6,8-9H,2,5,7,10H2,1H3,(H,20,21). The Labute approximate surface area is 122 Å². The van der Waals surface area contributed by atoms with E-state index in [0.29, 0.717) is 24.9 Å². The zero-order valence-corrected chi connectivity index (χ0v) is 11.8. The summed E-state index contributed by atoms with van der Waals surface area (Å²) in [7, 11) is 0. The maximum absolute atomic E-state index is 12.6. The van der Waals surface area contributed by atoms with Crippen LogP contribution in [-0.4, -0.2) is 44.4 Å². The lowest BCUT2D eigenvalue weighted by atomic mass is 9.82. The molecule has 1 aliphatic rings. The molecule has 0 spiro atoms. The molecule has 0 bridgehead atoms. The Morgan fingerprint density at radius 1 is 1.38 bits per heavy atom. The minimum absolute atomic E-state index is 0.127. The summed E-state index contributed by atoms with van der Waals surface area (Å²) in [4.78, 5) is 29.7. The van der Waals surface area contributed by atoms with Crippen molar-refractivity contribution in [2.45, 2.75) is 19.8 Å². The zero-order chi connectivity index (χ0) is 15.0. The number of carbonyl (C=O) groups excluding carboxylic acids is 1. The summed E-state index contributed by atoms with van der Waals surface area (Å²) in [6.45, 7) is 2.56. The third-order valence-electron chi connectivity index (χ3n) is 4.14. The van der Waals surface area contributed by atoms with Gasteiger partial charge in [0.15, 0.2) is 0 Å². The van der Waals surface area contributed by atoms with Gasteiger partial charge in [-0.15, -0.1) is 0 Å². The van der Waals surface area contributed by atoms with E-state index in [1.54, 1.807) is 46.9 Å². The number of nitrogens with zero attached hydrogens (tertiary/aromatic N) is 3. The van der Waals surface area contributed by atoms with Crippen molar-refractivity contribution in [3.8, 4) is 0 Å². The normalized spacial score (nSPS) is 22.4. The molecule has 3 heterocycles. The van der Waals surface area contributed by atoms with Crippen LogP contribution >= 0.6 is 0 Å². The number of amides is 1. The quantitative estimate of drug-likeness (QED) is 0.911. The molecule has 0 saturated carbocycles. The van der Waals surface area contributed by atoms with E-state index >= 15 is 0 Å². The smallest absolute Gasteiger partial charge is 0.311 e. The first-order valence-electron chi connectivity index (χ1n) is 6.95. The molecule has 1 fully saturated rings. The Bertz CT molecular complexity index is 709. The molecule has 3 rings (SSSR count). The van der Waals surface area contributed by atoms with Crippen LogP contribution in [0.15, 0.2) is 30.7 Å². The van der Waals surface area contributed by atoms with Crippen LogP contribution in [0.4, 0.5) is 0 Å². The summed E-state index contributed by atoms with van der Waals surface area (Å²) < 4.78 is 1.79. The van der Waals surface area contributed by atoms with Crippen LogP contribution in [-0.2, 0) is 4.79 Å². The molecule has 0 aliphatic carbocycles. The molecule has 6 heteroatoms. The van der Waals surface area contributed by atoms with E-state index in [-0.39, 0.29) is 12.5 Å². The van der Waals surface area contributed by atoms with E-state index in [2.05, 4.69) is 4.98 Å². The highest BCUT2D eigenvalue weighted by Crippen LogP contribution is 2.30. The number of aromatic nitrogens is 2. The number of aliphatic carboxylic acids is 1. The third-order valence-corrected chi connectivity index (χ3v) is 4.14. The van der Waals surface area contributed by atoms with Gasteiger partial charge in [0.25, 0.3) is 5.91 Å². The lowest BCUT2D eigenvalue weighted by molar-refractivity contribution is -0.150. The predicted molar refractivity (Wildman–Crippen MR) is 76.1 cm³/mol. The van der Waals surface area contributed by atoms with Gasteiger partial charge in [0, 0.05) is 31.7 Å². The number of carbonyl (C=O) groups is 2. The lowest BCUT2D eigenvalue weighted by Gasteiger charge is -2.37. The average molecular weight is 287 g/mol. The zero-order valence-electron chi connectivity index (χ0n) is 11.8. The Morgan fingerprint density at radius 2 is 2.19 bits per heavy atom. The number of hydrogen-bond donors (Lipinski definition) is 1. The molecule has 6 nitrogen and oxygen atoms in total. The SMILES string of the molecule is CC1(C(=O)O)CCCN(C(=O)c2ccc3nccn3c2)C1. The minimum Gasteiger partial charge on any atom is -0.481 e. The molecule has 0 aromatic carbocycles. The van der Waals surface area contributed by atoms with Gasteiger partial charge in [-0.05, 0) is 31.9 Å². The van der Waals surface area contributed by atoms with Crippen molar-refractivity contribution in [1.29, 1.82) is 0 Å². The van der Waals surface area contributed by atoms with Gasteiger partial charge in [0.2, 0.25) is 0 Å². The second-order valence-electron chi connectivity index (χ2n) is 5.81. The van der Waals surface area contributed by atoms with Gasteiger partial charge < -0.3 is 14.4 Å². The molecule has 1 atom stereocenters. The fourth-order valence-electron chi connectivity index (χ4n) is 2.82. The van der Waals surface area contributed by atoms with Crippen LogP contribution in [0.3, 0.4) is 0 Å². The van der Waals surface area contributed by atoms with Crippen molar-refractivity contribution in [2.75, 3.05) is 13.1 Å². The number of hydrogen-bond acceptors (Lipinski definition) is 3. The van der Waals surface area contributed by atoms with Gasteiger partial charge in [-0.1, -0.05) is 0 Å². The number of carboxylic acid groups (broad SMARTS) is 1. The van der Waals surface area contributed by atoms with Crippen LogP contribution in [0.25, 0.3) is 5.65 Å². The largest absolute Gasteiger partial charge is 0.481 e. The van der Waals surface area contributed by atoms with E-state index in [1.807, 2.05) is 0 Å². The topological polar surface area (TPSA) is 74.9 Å². The molecule has 1 unspecified atom stereocenters. The van der Waals surface area contributed by atoms with Crippen LogP contribution in [0.1, 0.15) is 30.1 Å². The van der Waals surface area contributed by atoms with Crippen molar-refractivity contribution in [1.82, 2.24) is 14.3 Å². The maximum atomic E-state index is 12.6. The monoisotopic (exact) mass is 287 g/mol. The van der Waals surface area contributed by atoms with E-state index in [1.165, 1.54) is 0 Å². The van der Waals surface area contributed by atoms with Gasteiger partial charge in [-0.2, -0.15) is 0 Å². The van der Waals surface area contributed by atoms with Gasteiger partial charge >= 0.3 is 5.97 Å². The second kappa shape index (κ2) is 4.87. The number of piperidine rings is 1. The van der Waals surface area contributed by atoms with Gasteiger partial charge in [0.05, 0.1) is 11.0 Å². The Hall–Kier alpha value is -2.37. The molecule has 110 valence electrons. The average Bonchev–Trinajstić information content (AvgIpc) is 2.93. The summed E-state index contributed by atoms with van der Waals surface area (Å²) in [5, 5.41) is 9.33. The first kappa shape index (κ1) is 13.6. The molecule has 1 amide bonds. The first-order valence-corrected chi connectivity index (χ1v) is 6.95. The van der Waals surface area contributed by atoms with E-state index in [9.17, 15) is 14.7 Å². The maximum Gasteiger partial charge on any atom is 0.311 e. The minimum atomic E-state index is -0.854. The molecule has 1 saturated heterocycles. The van der Waals surface area contributed by atoms with Crippen molar-refractivity contribution in [2.24, 2.45) is 5.41 Å².